The van der Waals surface area contributed by atoms with E-state index in [-0.39, 0.29) is 18.2 Å². The fourth-order valence-corrected chi connectivity index (χ4v) is 2.91. The van der Waals surface area contributed by atoms with E-state index in [0.717, 1.165) is 29.5 Å². The maximum Gasteiger partial charge on any atom is 0.346 e. The van der Waals surface area contributed by atoms with Crippen LogP contribution in [-0.4, -0.2) is 12.1 Å². The number of carbonyl (C=O) groups excluding carboxylic acids is 1. The first kappa shape index (κ1) is 14.5. The monoisotopic (exact) mass is 308 g/mol. The van der Waals surface area contributed by atoms with E-state index in [1.807, 2.05) is 62.4 Å². The summed E-state index contributed by atoms with van der Waals surface area (Å²) in [5, 5.41) is 0. The maximum absolute atomic E-state index is 12.8. The Morgan fingerprint density at radius 1 is 1.00 bits per heavy atom. The van der Waals surface area contributed by atoms with Crippen LogP contribution in [-0.2, 0) is 19.9 Å². The number of ether oxygens (including phenoxy) is 2. The third-order valence-electron chi connectivity index (χ3n) is 4.58. The minimum absolute atomic E-state index is 0.0766. The predicted octanol–water partition coefficient (Wildman–Crippen LogP) is 3.98. The quantitative estimate of drug-likeness (QED) is 0.633. The third-order valence-corrected chi connectivity index (χ3v) is 4.58. The Balaban J connectivity index is 1.69. The van der Waals surface area contributed by atoms with E-state index in [0.29, 0.717) is 0 Å². The van der Waals surface area contributed by atoms with Gasteiger partial charge in [-0.15, -0.1) is 0 Å². The number of esters is 1. The normalized spacial score (nSPS) is 25.9. The van der Waals surface area contributed by atoms with Gasteiger partial charge in [0.05, 0.1) is 0 Å². The summed E-state index contributed by atoms with van der Waals surface area (Å²) in [6, 6.07) is 16.1. The van der Waals surface area contributed by atoms with Crippen LogP contribution in [0.4, 0.5) is 0 Å². The van der Waals surface area contributed by atoms with Crippen molar-refractivity contribution in [3.8, 4) is 0 Å². The lowest BCUT2D eigenvalue weighted by atomic mass is 9.91. The van der Waals surface area contributed by atoms with Gasteiger partial charge in [0.25, 0.3) is 0 Å². The Kier molecular flexibility index (Phi) is 3.27. The molecule has 0 aromatic heterocycles. The first-order valence-electron chi connectivity index (χ1n) is 8.12. The molecule has 1 heterocycles. The molecule has 2 atom stereocenters. The van der Waals surface area contributed by atoms with Gasteiger partial charge in [0.2, 0.25) is 5.60 Å². The second-order valence-corrected chi connectivity index (χ2v) is 6.61. The summed E-state index contributed by atoms with van der Waals surface area (Å²) in [6.07, 6.45) is 1.74. The van der Waals surface area contributed by atoms with Crippen LogP contribution in [0.25, 0.3) is 0 Å². The molecule has 1 aliphatic heterocycles. The Hall–Kier alpha value is -2.13. The van der Waals surface area contributed by atoms with Gasteiger partial charge >= 0.3 is 5.97 Å². The molecule has 2 fully saturated rings. The number of benzene rings is 2. The molecule has 4 rings (SSSR count). The van der Waals surface area contributed by atoms with Crippen molar-refractivity contribution in [2.75, 3.05) is 0 Å². The van der Waals surface area contributed by atoms with E-state index in [4.69, 9.17) is 9.47 Å². The van der Waals surface area contributed by atoms with Gasteiger partial charge in [0.15, 0.2) is 0 Å². The van der Waals surface area contributed by atoms with Crippen LogP contribution in [0.2, 0.25) is 0 Å². The molecule has 2 aliphatic rings. The van der Waals surface area contributed by atoms with E-state index in [1.54, 1.807) is 0 Å². The van der Waals surface area contributed by atoms with Crippen molar-refractivity contribution in [3.05, 3.63) is 70.8 Å². The van der Waals surface area contributed by atoms with Crippen molar-refractivity contribution >= 4 is 5.97 Å². The highest BCUT2D eigenvalue weighted by molar-refractivity contribution is 5.86. The molecule has 0 bridgehead atoms. The van der Waals surface area contributed by atoms with Crippen LogP contribution in [0.15, 0.2) is 48.5 Å². The molecule has 3 heteroatoms. The first-order chi connectivity index (χ1) is 11.1. The number of carbonyl (C=O) groups is 1. The molecule has 1 aliphatic carbocycles. The van der Waals surface area contributed by atoms with Gasteiger partial charge < -0.3 is 9.47 Å². The Morgan fingerprint density at radius 2 is 1.57 bits per heavy atom. The summed E-state index contributed by atoms with van der Waals surface area (Å²) in [6.45, 7) is 4.08. The Labute approximate surface area is 136 Å². The van der Waals surface area contributed by atoms with Crippen molar-refractivity contribution in [2.24, 2.45) is 0 Å². The molecule has 23 heavy (non-hydrogen) atoms. The van der Waals surface area contributed by atoms with Gasteiger partial charge in [-0.25, -0.2) is 4.79 Å². The molecular weight excluding hydrogens is 288 g/mol. The topological polar surface area (TPSA) is 38.8 Å². The van der Waals surface area contributed by atoms with Gasteiger partial charge in [-0.3, -0.25) is 0 Å². The molecule has 3 nitrogen and oxygen atoms in total. The summed E-state index contributed by atoms with van der Waals surface area (Å²) in [7, 11) is 0. The number of hydrogen-bond donors (Lipinski definition) is 0. The van der Waals surface area contributed by atoms with Crippen LogP contribution in [0.1, 0.15) is 41.2 Å². The standard InChI is InChI=1S/C20H20O3/c1-13-3-7-15(8-4-13)18-20(23-18,19(21)22-17-11-12-17)16-9-5-14(2)6-10-16/h3-10,17-18H,11-12H2,1-2H3. The SMILES string of the molecule is Cc1ccc(C2OC2(C(=O)OC2CC2)c2ccc(C)cc2)cc1. The number of aryl methyl sites for hydroxylation is 2. The molecule has 118 valence electrons. The zero-order chi connectivity index (χ0) is 16.0. The van der Waals surface area contributed by atoms with Gasteiger partial charge in [0, 0.05) is 0 Å². The summed E-state index contributed by atoms with van der Waals surface area (Å²) in [4.78, 5) is 12.8. The zero-order valence-corrected chi connectivity index (χ0v) is 13.4. The molecule has 0 amide bonds. The second kappa shape index (κ2) is 5.20. The Bertz CT molecular complexity index is 728. The van der Waals surface area contributed by atoms with Crippen molar-refractivity contribution in [3.63, 3.8) is 0 Å². The maximum atomic E-state index is 12.8. The van der Waals surface area contributed by atoms with Gasteiger partial charge in [-0.2, -0.15) is 0 Å². The molecule has 2 unspecified atom stereocenters. The van der Waals surface area contributed by atoms with E-state index in [1.165, 1.54) is 5.56 Å². The van der Waals surface area contributed by atoms with Gasteiger partial charge in [0.1, 0.15) is 12.2 Å². The summed E-state index contributed by atoms with van der Waals surface area (Å²) >= 11 is 0. The smallest absolute Gasteiger partial charge is 0.346 e. The lowest BCUT2D eigenvalue weighted by molar-refractivity contribution is -0.151. The van der Waals surface area contributed by atoms with Crippen LogP contribution in [0, 0.1) is 13.8 Å². The lowest BCUT2D eigenvalue weighted by Gasteiger charge is -2.13. The number of rotatable bonds is 4. The summed E-state index contributed by atoms with van der Waals surface area (Å²) < 4.78 is 11.6. The molecule has 2 aromatic rings. The van der Waals surface area contributed by atoms with Crippen molar-refractivity contribution in [2.45, 2.75) is 44.5 Å². The first-order valence-corrected chi connectivity index (χ1v) is 8.12. The largest absolute Gasteiger partial charge is 0.460 e. The zero-order valence-electron chi connectivity index (χ0n) is 13.4. The molecule has 1 saturated carbocycles. The Morgan fingerprint density at radius 3 is 2.13 bits per heavy atom. The highest BCUT2D eigenvalue weighted by atomic mass is 16.7. The van der Waals surface area contributed by atoms with Gasteiger partial charge in [-0.05, 0) is 37.8 Å². The fourth-order valence-electron chi connectivity index (χ4n) is 2.91. The van der Waals surface area contributed by atoms with Crippen molar-refractivity contribution in [1.82, 2.24) is 0 Å². The van der Waals surface area contributed by atoms with Crippen LogP contribution in [0.3, 0.4) is 0 Å². The molecule has 0 N–H and O–H groups in total. The number of epoxide rings is 1. The highest BCUT2D eigenvalue weighted by Gasteiger charge is 2.66. The average Bonchev–Trinajstić information content (AvgIpc) is 3.43. The molecule has 1 saturated heterocycles. The van der Waals surface area contributed by atoms with E-state index < -0.39 is 5.60 Å². The molecular formula is C20H20O3. The van der Waals surface area contributed by atoms with Crippen LogP contribution < -0.4 is 0 Å². The summed E-state index contributed by atoms with van der Waals surface area (Å²) in [5.74, 6) is -0.255. The van der Waals surface area contributed by atoms with Crippen LogP contribution >= 0.6 is 0 Å². The minimum atomic E-state index is -0.981. The van der Waals surface area contributed by atoms with Crippen molar-refractivity contribution < 1.29 is 14.3 Å². The van der Waals surface area contributed by atoms with E-state index in [9.17, 15) is 4.79 Å². The second-order valence-electron chi connectivity index (χ2n) is 6.61. The third kappa shape index (κ3) is 2.55. The van der Waals surface area contributed by atoms with Gasteiger partial charge in [-0.1, -0.05) is 59.7 Å². The molecule has 0 radical (unpaired) electrons. The number of hydrogen-bond acceptors (Lipinski definition) is 3. The van der Waals surface area contributed by atoms with Crippen LogP contribution in [0.5, 0.6) is 0 Å². The molecule has 2 aromatic carbocycles. The van der Waals surface area contributed by atoms with Crippen molar-refractivity contribution in [1.29, 1.82) is 0 Å². The molecule has 0 spiro atoms. The minimum Gasteiger partial charge on any atom is -0.460 e. The lowest BCUT2D eigenvalue weighted by Crippen LogP contribution is -2.26. The highest BCUT2D eigenvalue weighted by Crippen LogP contribution is 2.58. The fraction of sp³-hybridized carbons (Fsp3) is 0.350. The average molecular weight is 308 g/mol. The van der Waals surface area contributed by atoms with E-state index in [2.05, 4.69) is 0 Å². The van der Waals surface area contributed by atoms with E-state index >= 15 is 0 Å². The summed E-state index contributed by atoms with van der Waals surface area (Å²) in [5.41, 5.74) is 3.26. The predicted molar refractivity (Wildman–Crippen MR) is 87.0 cm³/mol.